The zero-order valence-corrected chi connectivity index (χ0v) is 22.4. The molecule has 0 aromatic heterocycles. The Labute approximate surface area is 220 Å². The van der Waals surface area contributed by atoms with E-state index >= 15 is 0 Å². The van der Waals surface area contributed by atoms with Crippen LogP contribution in [0.4, 0.5) is 0 Å². The topological polar surface area (TPSA) is 88.5 Å². The van der Waals surface area contributed by atoms with Gasteiger partial charge in [0, 0.05) is 13.1 Å². The van der Waals surface area contributed by atoms with Gasteiger partial charge in [0.15, 0.2) is 11.5 Å². The molecule has 8 nitrogen and oxygen atoms in total. The van der Waals surface area contributed by atoms with Gasteiger partial charge in [0.05, 0.1) is 43.0 Å². The summed E-state index contributed by atoms with van der Waals surface area (Å²) in [4.78, 5) is 29.8. The molecule has 0 spiro atoms. The number of aliphatic hydroxyl groups is 1. The first kappa shape index (κ1) is 27.6. The van der Waals surface area contributed by atoms with E-state index in [-0.39, 0.29) is 39.2 Å². The number of ether oxygens (including phenoxy) is 3. The van der Waals surface area contributed by atoms with Crippen LogP contribution in [0.2, 0.25) is 10.0 Å². The first-order chi connectivity index (χ1) is 17.2. The fraction of sp³-hybridized carbons (Fsp3) is 0.385. The van der Waals surface area contributed by atoms with E-state index in [1.165, 1.54) is 25.2 Å². The minimum absolute atomic E-state index is 0.0323. The summed E-state index contributed by atoms with van der Waals surface area (Å²) in [6.07, 6.45) is 0.862. The van der Waals surface area contributed by atoms with E-state index in [9.17, 15) is 14.7 Å². The fourth-order valence-electron chi connectivity index (χ4n) is 4.02. The molecule has 0 radical (unpaired) electrons. The summed E-state index contributed by atoms with van der Waals surface area (Å²) in [7, 11) is 6.51. The maximum absolute atomic E-state index is 13.3. The van der Waals surface area contributed by atoms with Crippen molar-refractivity contribution in [2.45, 2.75) is 19.4 Å². The largest absolute Gasteiger partial charge is 0.507 e. The Balaban J connectivity index is 2.20. The maximum atomic E-state index is 13.3. The number of likely N-dealkylation sites (N-methyl/N-ethyl adjacent to an activating group) is 1. The van der Waals surface area contributed by atoms with E-state index in [1.54, 1.807) is 24.3 Å². The normalized spacial score (nSPS) is 17.1. The van der Waals surface area contributed by atoms with Crippen molar-refractivity contribution in [3.8, 4) is 17.2 Å². The van der Waals surface area contributed by atoms with E-state index in [0.29, 0.717) is 24.5 Å². The van der Waals surface area contributed by atoms with Gasteiger partial charge in [0.25, 0.3) is 11.7 Å². The van der Waals surface area contributed by atoms with E-state index < -0.39 is 23.5 Å². The number of methoxy groups -OCH3 is 2. The number of carbonyl (C=O) groups is 2. The Morgan fingerprint density at radius 3 is 2.28 bits per heavy atom. The quantitative estimate of drug-likeness (QED) is 0.265. The molecule has 1 saturated heterocycles. The molecule has 2 aromatic carbocycles. The summed E-state index contributed by atoms with van der Waals surface area (Å²) in [5.41, 5.74) is 0.631. The van der Waals surface area contributed by atoms with Crippen molar-refractivity contribution in [2.75, 3.05) is 48.0 Å². The molecule has 1 aliphatic rings. The summed E-state index contributed by atoms with van der Waals surface area (Å²) in [5.74, 6) is -1.07. The number of carbonyl (C=O) groups excluding carboxylic acids is 2. The second-order valence-electron chi connectivity index (χ2n) is 8.50. The molecule has 1 amide bonds. The van der Waals surface area contributed by atoms with Crippen LogP contribution in [0.15, 0.2) is 35.9 Å². The third-order valence-corrected chi connectivity index (χ3v) is 6.42. The summed E-state index contributed by atoms with van der Waals surface area (Å²) in [6.45, 7) is 3.37. The minimum atomic E-state index is -0.838. The number of aliphatic hydroxyl groups excluding tert-OH is 1. The molecule has 3 rings (SSSR count). The molecule has 1 aliphatic heterocycles. The molecule has 1 atom stereocenters. The van der Waals surface area contributed by atoms with Crippen molar-refractivity contribution in [1.82, 2.24) is 9.80 Å². The highest BCUT2D eigenvalue weighted by Crippen LogP contribution is 2.47. The Morgan fingerprint density at radius 1 is 1.08 bits per heavy atom. The molecular formula is C26H30Cl2N2O6. The third-order valence-electron chi connectivity index (χ3n) is 5.79. The number of benzene rings is 2. The van der Waals surface area contributed by atoms with Gasteiger partial charge in [-0.05, 0) is 44.3 Å². The molecule has 0 saturated carbocycles. The van der Waals surface area contributed by atoms with Gasteiger partial charge < -0.3 is 29.1 Å². The predicted octanol–water partition coefficient (Wildman–Crippen LogP) is 4.78. The molecule has 1 fully saturated rings. The van der Waals surface area contributed by atoms with Crippen molar-refractivity contribution in [1.29, 1.82) is 0 Å². The Bertz CT molecular complexity index is 1160. The average molecular weight is 537 g/mol. The number of likely N-dealkylation sites (tertiary alicyclic amines) is 1. The van der Waals surface area contributed by atoms with Crippen molar-refractivity contribution in [3.05, 3.63) is 57.1 Å². The molecule has 36 heavy (non-hydrogen) atoms. The van der Waals surface area contributed by atoms with Gasteiger partial charge in [-0.1, -0.05) is 42.3 Å². The van der Waals surface area contributed by atoms with Crippen molar-refractivity contribution in [3.63, 3.8) is 0 Å². The van der Waals surface area contributed by atoms with Gasteiger partial charge in [0.2, 0.25) is 0 Å². The number of hydrogen-bond acceptors (Lipinski definition) is 7. The van der Waals surface area contributed by atoms with Gasteiger partial charge in [-0.15, -0.1) is 0 Å². The zero-order valence-electron chi connectivity index (χ0n) is 20.9. The third kappa shape index (κ3) is 5.40. The van der Waals surface area contributed by atoms with Crippen LogP contribution in [0.1, 0.15) is 30.5 Å². The highest BCUT2D eigenvalue weighted by molar-refractivity contribution is 6.47. The highest BCUT2D eigenvalue weighted by atomic mass is 35.5. The Hall–Kier alpha value is -2.94. The van der Waals surface area contributed by atoms with Crippen molar-refractivity contribution in [2.24, 2.45) is 0 Å². The van der Waals surface area contributed by atoms with Crippen LogP contribution in [0.25, 0.3) is 5.76 Å². The number of rotatable bonds is 10. The van der Waals surface area contributed by atoms with Crippen LogP contribution in [-0.4, -0.2) is 74.6 Å². The standard InChI is InChI=1S/C26H30Cl2N2O6/c1-6-13-36-16-9-7-15(8-10-16)21-19(23(32)26(33)30(21)12-11-29(2)3)22(31)17-14-18(27)25(35-5)20(28)24(17)34-4/h7-10,14,21,31H,6,11-13H2,1-5H3/b22-19+. The molecule has 1 heterocycles. The number of hydrogen-bond donors (Lipinski definition) is 1. The van der Waals surface area contributed by atoms with Gasteiger partial charge >= 0.3 is 0 Å². The Kier molecular flexibility index (Phi) is 9.11. The lowest BCUT2D eigenvalue weighted by Gasteiger charge is -2.27. The first-order valence-electron chi connectivity index (χ1n) is 11.4. The predicted molar refractivity (Wildman–Crippen MR) is 139 cm³/mol. The second-order valence-corrected chi connectivity index (χ2v) is 9.28. The summed E-state index contributed by atoms with van der Waals surface area (Å²) >= 11 is 12.7. The second kappa shape index (κ2) is 11.9. The van der Waals surface area contributed by atoms with Gasteiger partial charge in [0.1, 0.15) is 16.5 Å². The van der Waals surface area contributed by atoms with E-state index in [4.69, 9.17) is 37.4 Å². The van der Waals surface area contributed by atoms with Crippen LogP contribution in [0.5, 0.6) is 17.2 Å². The number of amides is 1. The first-order valence-corrected chi connectivity index (χ1v) is 12.2. The zero-order chi connectivity index (χ0) is 26.6. The number of nitrogens with zero attached hydrogens (tertiary/aromatic N) is 2. The van der Waals surface area contributed by atoms with Gasteiger partial charge in [-0.2, -0.15) is 0 Å². The lowest BCUT2D eigenvalue weighted by molar-refractivity contribution is -0.140. The molecule has 194 valence electrons. The fourth-order valence-corrected chi connectivity index (χ4v) is 4.71. The lowest BCUT2D eigenvalue weighted by Crippen LogP contribution is -2.35. The molecule has 1 unspecified atom stereocenters. The molecule has 0 aliphatic carbocycles. The average Bonchev–Trinajstić information content (AvgIpc) is 3.10. The van der Waals surface area contributed by atoms with Crippen LogP contribution in [0, 0.1) is 0 Å². The van der Waals surface area contributed by atoms with Crippen molar-refractivity contribution >= 4 is 40.7 Å². The number of Topliss-reactive ketones (excluding diaryl/α,β-unsaturated/α-hetero) is 1. The SMILES string of the molecule is CCCOc1ccc(C2/C(=C(\O)c3cc(Cl)c(OC)c(Cl)c3OC)C(=O)C(=O)N2CCN(C)C)cc1. The van der Waals surface area contributed by atoms with Crippen LogP contribution in [-0.2, 0) is 9.59 Å². The van der Waals surface area contributed by atoms with Crippen LogP contribution in [0.3, 0.4) is 0 Å². The number of ketones is 1. The maximum Gasteiger partial charge on any atom is 0.295 e. The monoisotopic (exact) mass is 536 g/mol. The van der Waals surface area contributed by atoms with E-state index in [2.05, 4.69) is 0 Å². The number of halogens is 2. The summed E-state index contributed by atoms with van der Waals surface area (Å²) in [6, 6.07) is 7.67. The summed E-state index contributed by atoms with van der Waals surface area (Å²) in [5, 5.41) is 11.6. The molecule has 0 bridgehead atoms. The Morgan fingerprint density at radius 2 is 1.72 bits per heavy atom. The molecule has 10 heteroatoms. The van der Waals surface area contributed by atoms with Crippen molar-refractivity contribution < 1.29 is 28.9 Å². The van der Waals surface area contributed by atoms with E-state index in [1.807, 2.05) is 25.9 Å². The smallest absolute Gasteiger partial charge is 0.295 e. The summed E-state index contributed by atoms with van der Waals surface area (Å²) < 4.78 is 16.3. The highest BCUT2D eigenvalue weighted by Gasteiger charge is 2.46. The van der Waals surface area contributed by atoms with Crippen LogP contribution < -0.4 is 14.2 Å². The lowest BCUT2D eigenvalue weighted by atomic mass is 9.94. The minimum Gasteiger partial charge on any atom is -0.507 e. The van der Waals surface area contributed by atoms with E-state index in [0.717, 1.165) is 6.42 Å². The van der Waals surface area contributed by atoms with Gasteiger partial charge in [-0.3, -0.25) is 9.59 Å². The molecule has 2 aromatic rings. The molecular weight excluding hydrogens is 507 g/mol. The van der Waals surface area contributed by atoms with Crippen LogP contribution >= 0.6 is 23.2 Å². The molecule has 1 N–H and O–H groups in total. The van der Waals surface area contributed by atoms with Gasteiger partial charge in [-0.25, -0.2) is 0 Å².